The summed E-state index contributed by atoms with van der Waals surface area (Å²) in [6, 6.07) is 9.79. The first-order valence-corrected chi connectivity index (χ1v) is 6.81. The van der Waals surface area contributed by atoms with Gasteiger partial charge in [-0.3, -0.25) is 4.98 Å². The van der Waals surface area contributed by atoms with Crippen LogP contribution in [0.25, 0.3) is 0 Å². The van der Waals surface area contributed by atoms with Crippen LogP contribution < -0.4 is 15.2 Å². The second kappa shape index (κ2) is 7.50. The van der Waals surface area contributed by atoms with Crippen LogP contribution in [0.15, 0.2) is 42.7 Å². The molecule has 2 aromatic rings. The van der Waals surface area contributed by atoms with Gasteiger partial charge in [-0.2, -0.15) is 0 Å². The molecule has 4 nitrogen and oxygen atoms in total. The van der Waals surface area contributed by atoms with E-state index in [4.69, 9.17) is 15.2 Å². The number of rotatable bonds is 7. The maximum Gasteiger partial charge on any atom is 0.164 e. The third-order valence-corrected chi connectivity index (χ3v) is 2.88. The van der Waals surface area contributed by atoms with Crippen LogP contribution in [0.2, 0.25) is 0 Å². The number of nitrogens with two attached hydrogens (primary N) is 1. The van der Waals surface area contributed by atoms with Crippen LogP contribution in [0.1, 0.15) is 18.1 Å². The van der Waals surface area contributed by atoms with E-state index >= 15 is 0 Å². The molecule has 0 fully saturated rings. The predicted octanol–water partition coefficient (Wildman–Crippen LogP) is 2.56. The van der Waals surface area contributed by atoms with Gasteiger partial charge in [-0.05, 0) is 37.6 Å². The smallest absolute Gasteiger partial charge is 0.164 e. The van der Waals surface area contributed by atoms with Crippen LogP contribution in [-0.4, -0.2) is 18.1 Å². The summed E-state index contributed by atoms with van der Waals surface area (Å²) < 4.78 is 11.6. The van der Waals surface area contributed by atoms with E-state index in [1.807, 2.05) is 37.3 Å². The second-order valence-electron chi connectivity index (χ2n) is 4.37. The first-order valence-electron chi connectivity index (χ1n) is 6.81. The van der Waals surface area contributed by atoms with Crippen molar-refractivity contribution in [3.63, 3.8) is 0 Å². The number of nitrogens with zero attached hydrogens (tertiary/aromatic N) is 1. The van der Waals surface area contributed by atoms with Crippen molar-refractivity contribution in [2.75, 3.05) is 13.2 Å². The SMILES string of the molecule is CCOc1cccc(CCN)c1OCc1cccnc1. The highest BCUT2D eigenvalue weighted by Crippen LogP contribution is 2.32. The van der Waals surface area contributed by atoms with E-state index in [1.54, 1.807) is 12.4 Å². The fourth-order valence-corrected chi connectivity index (χ4v) is 1.99. The Hall–Kier alpha value is -2.07. The highest BCUT2D eigenvalue weighted by atomic mass is 16.5. The number of para-hydroxylation sites is 1. The number of pyridine rings is 1. The minimum absolute atomic E-state index is 0.468. The summed E-state index contributed by atoms with van der Waals surface area (Å²) in [6.45, 7) is 3.62. The molecule has 1 aromatic heterocycles. The van der Waals surface area contributed by atoms with Crippen molar-refractivity contribution in [2.24, 2.45) is 5.73 Å². The molecule has 0 bridgehead atoms. The molecule has 20 heavy (non-hydrogen) atoms. The minimum Gasteiger partial charge on any atom is -0.490 e. The van der Waals surface area contributed by atoms with E-state index in [1.165, 1.54) is 0 Å². The van der Waals surface area contributed by atoms with E-state index in [0.29, 0.717) is 19.8 Å². The van der Waals surface area contributed by atoms with E-state index in [-0.39, 0.29) is 0 Å². The van der Waals surface area contributed by atoms with Gasteiger partial charge in [0.05, 0.1) is 6.61 Å². The average molecular weight is 272 g/mol. The lowest BCUT2D eigenvalue weighted by Crippen LogP contribution is -2.07. The molecule has 4 heteroatoms. The van der Waals surface area contributed by atoms with E-state index < -0.39 is 0 Å². The molecule has 0 saturated heterocycles. The fourth-order valence-electron chi connectivity index (χ4n) is 1.99. The number of aromatic nitrogens is 1. The molecule has 106 valence electrons. The molecule has 0 atom stereocenters. The van der Waals surface area contributed by atoms with Gasteiger partial charge >= 0.3 is 0 Å². The third kappa shape index (κ3) is 3.71. The number of hydrogen-bond acceptors (Lipinski definition) is 4. The maximum atomic E-state index is 5.94. The van der Waals surface area contributed by atoms with Crippen LogP contribution in [0.3, 0.4) is 0 Å². The lowest BCUT2D eigenvalue weighted by Gasteiger charge is -2.15. The highest BCUT2D eigenvalue weighted by Gasteiger charge is 2.10. The standard InChI is InChI=1S/C16H20N2O2/c1-2-19-15-7-3-6-14(8-9-17)16(15)20-12-13-5-4-10-18-11-13/h3-7,10-11H,2,8-9,12,17H2,1H3. The Kier molecular flexibility index (Phi) is 5.38. The van der Waals surface area contributed by atoms with E-state index in [9.17, 15) is 0 Å². The number of hydrogen-bond donors (Lipinski definition) is 1. The zero-order chi connectivity index (χ0) is 14.2. The summed E-state index contributed by atoms with van der Waals surface area (Å²) in [5.74, 6) is 1.55. The molecule has 0 aliphatic rings. The lowest BCUT2D eigenvalue weighted by molar-refractivity contribution is 0.266. The Morgan fingerprint density at radius 2 is 2.05 bits per heavy atom. The Morgan fingerprint density at radius 3 is 2.75 bits per heavy atom. The molecule has 0 aliphatic carbocycles. The van der Waals surface area contributed by atoms with Gasteiger partial charge < -0.3 is 15.2 Å². The Bertz CT molecular complexity index is 505. The molecule has 2 N–H and O–H groups in total. The van der Waals surface area contributed by atoms with Crippen molar-refractivity contribution < 1.29 is 9.47 Å². The van der Waals surface area contributed by atoms with Crippen molar-refractivity contribution in [1.29, 1.82) is 0 Å². The molecular formula is C16H20N2O2. The molecular weight excluding hydrogens is 252 g/mol. The Labute approximate surface area is 119 Å². The zero-order valence-electron chi connectivity index (χ0n) is 11.7. The van der Waals surface area contributed by atoms with Gasteiger partial charge in [-0.1, -0.05) is 18.2 Å². The van der Waals surface area contributed by atoms with Crippen LogP contribution in [-0.2, 0) is 13.0 Å². The largest absolute Gasteiger partial charge is 0.490 e. The fraction of sp³-hybridized carbons (Fsp3) is 0.312. The summed E-state index contributed by atoms with van der Waals surface area (Å²) >= 11 is 0. The zero-order valence-corrected chi connectivity index (χ0v) is 11.7. The highest BCUT2D eigenvalue weighted by molar-refractivity contribution is 5.47. The van der Waals surface area contributed by atoms with Gasteiger partial charge in [0.15, 0.2) is 11.5 Å². The Morgan fingerprint density at radius 1 is 1.15 bits per heavy atom. The minimum atomic E-state index is 0.468. The maximum absolute atomic E-state index is 5.94. The van der Waals surface area contributed by atoms with Crippen LogP contribution in [0.5, 0.6) is 11.5 Å². The van der Waals surface area contributed by atoms with Crippen LogP contribution in [0.4, 0.5) is 0 Å². The van der Waals surface area contributed by atoms with E-state index in [2.05, 4.69) is 4.98 Å². The van der Waals surface area contributed by atoms with Crippen molar-refractivity contribution in [3.8, 4) is 11.5 Å². The van der Waals surface area contributed by atoms with Gasteiger partial charge in [0.1, 0.15) is 6.61 Å². The molecule has 0 radical (unpaired) electrons. The molecule has 2 rings (SSSR count). The average Bonchev–Trinajstić information content (AvgIpc) is 2.48. The summed E-state index contributed by atoms with van der Waals surface area (Å²) in [5, 5.41) is 0. The van der Waals surface area contributed by atoms with Gasteiger partial charge in [-0.25, -0.2) is 0 Å². The monoisotopic (exact) mass is 272 g/mol. The first kappa shape index (κ1) is 14.3. The van der Waals surface area contributed by atoms with Crippen molar-refractivity contribution in [1.82, 2.24) is 4.98 Å². The van der Waals surface area contributed by atoms with Crippen LogP contribution in [0, 0.1) is 0 Å². The Balaban J connectivity index is 2.18. The van der Waals surface area contributed by atoms with E-state index in [0.717, 1.165) is 29.0 Å². The summed E-state index contributed by atoms with van der Waals surface area (Å²) in [4.78, 5) is 4.08. The quantitative estimate of drug-likeness (QED) is 0.841. The second-order valence-corrected chi connectivity index (χ2v) is 4.37. The first-order chi connectivity index (χ1) is 9.85. The number of ether oxygens (including phenoxy) is 2. The summed E-state index contributed by atoms with van der Waals surface area (Å²) in [5.41, 5.74) is 7.75. The summed E-state index contributed by atoms with van der Waals surface area (Å²) in [6.07, 6.45) is 4.31. The topological polar surface area (TPSA) is 57.4 Å². The molecule has 0 unspecified atom stereocenters. The molecule has 0 amide bonds. The van der Waals surface area contributed by atoms with Crippen molar-refractivity contribution >= 4 is 0 Å². The van der Waals surface area contributed by atoms with Crippen molar-refractivity contribution in [3.05, 3.63) is 53.9 Å². The van der Waals surface area contributed by atoms with Gasteiger partial charge in [0.25, 0.3) is 0 Å². The van der Waals surface area contributed by atoms with Gasteiger partial charge in [0, 0.05) is 18.0 Å². The molecule has 1 heterocycles. The normalized spacial score (nSPS) is 10.3. The van der Waals surface area contributed by atoms with Gasteiger partial charge in [0.2, 0.25) is 0 Å². The molecule has 0 saturated carbocycles. The molecule has 1 aromatic carbocycles. The van der Waals surface area contributed by atoms with Gasteiger partial charge in [-0.15, -0.1) is 0 Å². The van der Waals surface area contributed by atoms with Crippen molar-refractivity contribution in [2.45, 2.75) is 20.0 Å². The lowest BCUT2D eigenvalue weighted by atomic mass is 10.1. The summed E-state index contributed by atoms with van der Waals surface area (Å²) in [7, 11) is 0. The third-order valence-electron chi connectivity index (χ3n) is 2.88. The number of benzene rings is 1. The molecule has 0 spiro atoms. The molecule has 0 aliphatic heterocycles. The predicted molar refractivity (Wildman–Crippen MR) is 78.9 cm³/mol. The van der Waals surface area contributed by atoms with Crippen LogP contribution >= 0.6 is 0 Å².